The summed E-state index contributed by atoms with van der Waals surface area (Å²) in [6.07, 6.45) is 3.36. The normalized spacial score (nSPS) is 19.6. The Labute approximate surface area is 52.1 Å². The summed E-state index contributed by atoms with van der Waals surface area (Å²) in [6, 6.07) is 0. The van der Waals surface area contributed by atoms with Crippen molar-refractivity contribution in [2.75, 3.05) is 0 Å². The molecule has 0 aromatic rings. The maximum absolute atomic E-state index is 10.6. The average molecular weight is 120 g/mol. The smallest absolute Gasteiger partial charge is 0.197 e. The zero-order valence-corrected chi connectivity index (χ0v) is 4.59. The van der Waals surface area contributed by atoms with E-state index in [1.165, 1.54) is 12.2 Å². The van der Waals surface area contributed by atoms with Crippen molar-refractivity contribution >= 4 is 5.78 Å². The Kier molecular flexibility index (Phi) is 1.37. The Bertz CT molecular complexity index is 259. The Morgan fingerprint density at radius 2 is 2.11 bits per heavy atom. The molecule has 44 valence electrons. The first-order valence-corrected chi connectivity index (χ1v) is 2.41. The van der Waals surface area contributed by atoms with Crippen molar-refractivity contribution < 1.29 is 9.90 Å². The predicted octanol–water partition coefficient (Wildman–Crippen LogP) is 0.877. The van der Waals surface area contributed by atoms with Gasteiger partial charge < -0.3 is 5.11 Å². The highest BCUT2D eigenvalue weighted by Gasteiger charge is 2.02. The fraction of sp³-hybridized carbons (Fsp3) is 0. The lowest BCUT2D eigenvalue weighted by atomic mass is 10.1. The number of hydrogen-bond donors (Lipinski definition) is 1. The topological polar surface area (TPSA) is 37.3 Å². The first kappa shape index (κ1) is 5.64. The zero-order chi connectivity index (χ0) is 6.69. The van der Waals surface area contributed by atoms with Crippen molar-refractivity contribution in [2.24, 2.45) is 0 Å². The molecule has 0 aromatic carbocycles. The van der Waals surface area contributed by atoms with Crippen LogP contribution in [0.2, 0.25) is 0 Å². The molecule has 0 aromatic heterocycles. The van der Waals surface area contributed by atoms with Crippen molar-refractivity contribution in [3.8, 4) is 0 Å². The SMILES string of the molecule is O=C1C=C=C=CC1=CO. The van der Waals surface area contributed by atoms with E-state index in [0.717, 1.165) is 6.26 Å². The second-order valence-corrected chi connectivity index (χ2v) is 1.53. The summed E-state index contributed by atoms with van der Waals surface area (Å²) >= 11 is 0. The van der Waals surface area contributed by atoms with E-state index in [2.05, 4.69) is 11.5 Å². The number of aliphatic hydroxyl groups excluding tert-OH is 1. The summed E-state index contributed by atoms with van der Waals surface area (Å²) in [5.41, 5.74) is 5.25. The van der Waals surface area contributed by atoms with E-state index in [0.29, 0.717) is 0 Å². The maximum Gasteiger partial charge on any atom is 0.197 e. The van der Waals surface area contributed by atoms with Gasteiger partial charge in [-0.25, -0.2) is 0 Å². The van der Waals surface area contributed by atoms with Gasteiger partial charge in [0.2, 0.25) is 0 Å². The summed E-state index contributed by atoms with van der Waals surface area (Å²) in [5, 5.41) is 8.36. The lowest BCUT2D eigenvalue weighted by Gasteiger charge is -1.90. The van der Waals surface area contributed by atoms with Gasteiger partial charge in [-0.2, -0.15) is 0 Å². The molecule has 0 radical (unpaired) electrons. The minimum atomic E-state index is -0.240. The van der Waals surface area contributed by atoms with Crippen LogP contribution >= 0.6 is 0 Å². The molecule has 0 saturated heterocycles. The monoisotopic (exact) mass is 120 g/mol. The molecule has 0 spiro atoms. The highest BCUT2D eigenvalue weighted by molar-refractivity contribution is 6.06. The predicted molar refractivity (Wildman–Crippen MR) is 31.9 cm³/mol. The number of carbonyl (C=O) groups excluding carboxylic acids is 1. The average Bonchev–Trinajstić information content (AvgIpc) is 1.89. The molecule has 0 atom stereocenters. The molecule has 2 nitrogen and oxygen atoms in total. The standard InChI is InChI=1S/C7H4O2/c8-5-6-3-1-2-4-7(6)9/h3-5,8H. The van der Waals surface area contributed by atoms with Crippen LogP contribution in [0.3, 0.4) is 0 Å². The number of aliphatic hydroxyl groups is 1. The third kappa shape index (κ3) is 1.000. The van der Waals surface area contributed by atoms with Gasteiger partial charge in [0.05, 0.1) is 11.8 Å². The van der Waals surface area contributed by atoms with Crippen LogP contribution in [0, 0.1) is 0 Å². The molecule has 9 heavy (non-hydrogen) atoms. The van der Waals surface area contributed by atoms with Gasteiger partial charge >= 0.3 is 0 Å². The quantitative estimate of drug-likeness (QED) is 0.292. The van der Waals surface area contributed by atoms with Crippen molar-refractivity contribution in [3.63, 3.8) is 0 Å². The third-order valence-electron chi connectivity index (χ3n) is 0.938. The van der Waals surface area contributed by atoms with Gasteiger partial charge in [-0.15, -0.1) is 0 Å². The van der Waals surface area contributed by atoms with Crippen LogP contribution in [0.5, 0.6) is 0 Å². The molecule has 2 heteroatoms. The Morgan fingerprint density at radius 1 is 1.44 bits per heavy atom. The molecule has 0 aliphatic heterocycles. The Morgan fingerprint density at radius 3 is 2.56 bits per heavy atom. The van der Waals surface area contributed by atoms with Crippen LogP contribution in [-0.2, 0) is 4.79 Å². The second kappa shape index (κ2) is 2.19. The van der Waals surface area contributed by atoms with E-state index in [-0.39, 0.29) is 11.4 Å². The van der Waals surface area contributed by atoms with E-state index >= 15 is 0 Å². The summed E-state index contributed by atoms with van der Waals surface area (Å²) < 4.78 is 0. The molecule has 0 unspecified atom stereocenters. The van der Waals surface area contributed by atoms with Gasteiger partial charge in [-0.1, -0.05) is 11.5 Å². The van der Waals surface area contributed by atoms with Gasteiger partial charge in [-0.05, 0) is 0 Å². The summed E-state index contributed by atoms with van der Waals surface area (Å²) in [5.74, 6) is -0.240. The molecule has 1 aliphatic carbocycles. The van der Waals surface area contributed by atoms with Gasteiger partial charge in [-0.3, -0.25) is 4.79 Å². The summed E-state index contributed by atoms with van der Waals surface area (Å²) in [6.45, 7) is 0. The molecule has 0 bridgehead atoms. The van der Waals surface area contributed by atoms with Crippen LogP contribution in [0.25, 0.3) is 0 Å². The molecule has 1 N–H and O–H groups in total. The zero-order valence-electron chi connectivity index (χ0n) is 4.59. The van der Waals surface area contributed by atoms with Crippen molar-refractivity contribution in [2.45, 2.75) is 0 Å². The van der Waals surface area contributed by atoms with E-state index in [9.17, 15) is 4.79 Å². The molecular weight excluding hydrogens is 116 g/mol. The van der Waals surface area contributed by atoms with E-state index in [1.807, 2.05) is 0 Å². The van der Waals surface area contributed by atoms with Gasteiger partial charge in [0.1, 0.15) is 0 Å². The van der Waals surface area contributed by atoms with E-state index < -0.39 is 0 Å². The molecule has 0 amide bonds. The molecule has 0 fully saturated rings. The number of ketones is 1. The van der Waals surface area contributed by atoms with Crippen LogP contribution in [0.1, 0.15) is 0 Å². The first-order valence-electron chi connectivity index (χ1n) is 2.41. The number of allylic oxidation sites excluding steroid dienone is 3. The lowest BCUT2D eigenvalue weighted by Crippen LogP contribution is -1.95. The van der Waals surface area contributed by atoms with Gasteiger partial charge in [0.15, 0.2) is 5.78 Å². The molecule has 1 aliphatic rings. The first-order chi connectivity index (χ1) is 4.34. The van der Waals surface area contributed by atoms with Gasteiger partial charge in [0.25, 0.3) is 0 Å². The molecule has 0 saturated carbocycles. The summed E-state index contributed by atoms with van der Waals surface area (Å²) in [4.78, 5) is 10.6. The third-order valence-corrected chi connectivity index (χ3v) is 0.938. The summed E-state index contributed by atoms with van der Waals surface area (Å²) in [7, 11) is 0. The second-order valence-electron chi connectivity index (χ2n) is 1.53. The Hall–Kier alpha value is -1.49. The number of rotatable bonds is 0. The van der Waals surface area contributed by atoms with E-state index in [4.69, 9.17) is 5.11 Å². The van der Waals surface area contributed by atoms with Gasteiger partial charge in [0, 0.05) is 12.2 Å². The van der Waals surface area contributed by atoms with Crippen molar-refractivity contribution in [1.29, 1.82) is 0 Å². The van der Waals surface area contributed by atoms with Crippen molar-refractivity contribution in [3.05, 3.63) is 35.4 Å². The fourth-order valence-corrected chi connectivity index (χ4v) is 0.482. The highest BCUT2D eigenvalue weighted by atomic mass is 16.2. The van der Waals surface area contributed by atoms with Crippen LogP contribution in [-0.4, -0.2) is 10.9 Å². The Balaban J connectivity index is 3.12. The number of hydrogen-bond acceptors (Lipinski definition) is 2. The molecular formula is C7H4O2. The molecule has 0 heterocycles. The maximum atomic E-state index is 10.6. The minimum Gasteiger partial charge on any atom is -0.515 e. The van der Waals surface area contributed by atoms with Crippen LogP contribution < -0.4 is 0 Å². The minimum absolute atomic E-state index is 0.240. The lowest BCUT2D eigenvalue weighted by molar-refractivity contribution is -0.111. The highest BCUT2D eigenvalue weighted by Crippen LogP contribution is 1.99. The van der Waals surface area contributed by atoms with E-state index in [1.54, 1.807) is 0 Å². The molecule has 1 rings (SSSR count). The van der Waals surface area contributed by atoms with Crippen molar-refractivity contribution in [1.82, 2.24) is 0 Å². The number of carbonyl (C=O) groups is 1. The fourth-order valence-electron chi connectivity index (χ4n) is 0.482. The van der Waals surface area contributed by atoms with Crippen LogP contribution in [0.4, 0.5) is 0 Å². The van der Waals surface area contributed by atoms with Crippen LogP contribution in [0.15, 0.2) is 35.4 Å². The largest absolute Gasteiger partial charge is 0.515 e.